The highest BCUT2D eigenvalue weighted by atomic mass is 127. The fraction of sp³-hybridized carbons (Fsp3) is 0.333. The number of aromatic nitrogens is 2. The van der Waals surface area contributed by atoms with E-state index in [0.717, 1.165) is 28.7 Å². The normalized spacial score (nSPS) is 12.1. The van der Waals surface area contributed by atoms with Crippen molar-refractivity contribution in [3.8, 4) is 0 Å². The van der Waals surface area contributed by atoms with Crippen molar-refractivity contribution in [3.63, 3.8) is 0 Å². The third-order valence-electron chi connectivity index (χ3n) is 3.92. The van der Waals surface area contributed by atoms with E-state index >= 15 is 0 Å². The number of rotatable bonds is 6. The number of guanidine groups is 1. The van der Waals surface area contributed by atoms with Crippen molar-refractivity contribution >= 4 is 52.2 Å². The molecule has 0 fully saturated rings. The second-order valence-electron chi connectivity index (χ2n) is 5.86. The molecule has 0 saturated carbocycles. The quantitative estimate of drug-likeness (QED) is 0.252. The minimum absolute atomic E-state index is 0. The Morgan fingerprint density at radius 2 is 2.04 bits per heavy atom. The molecule has 10 heteroatoms. The number of H-pyrrole nitrogens is 1. The summed E-state index contributed by atoms with van der Waals surface area (Å²) in [5.74, 6) is 0.557. The first-order chi connectivity index (χ1) is 13.0. The number of hydrogen-bond donors (Lipinski definition) is 3. The van der Waals surface area contributed by atoms with Gasteiger partial charge in [0.15, 0.2) is 11.7 Å². The van der Waals surface area contributed by atoms with E-state index in [2.05, 4.69) is 31.7 Å². The summed E-state index contributed by atoms with van der Waals surface area (Å²) in [5.41, 5.74) is 1.43. The Balaban J connectivity index is 0.00000280. The molecule has 0 bridgehead atoms. The summed E-state index contributed by atoms with van der Waals surface area (Å²) in [6.45, 7) is 3.34. The number of nitrogens with one attached hydrogen (secondary N) is 3. The van der Waals surface area contributed by atoms with Crippen LogP contribution in [0.2, 0.25) is 0 Å². The van der Waals surface area contributed by atoms with E-state index in [-0.39, 0.29) is 30.5 Å². The average molecular weight is 523 g/mol. The van der Waals surface area contributed by atoms with Gasteiger partial charge in [0.2, 0.25) is 0 Å². The summed E-state index contributed by atoms with van der Waals surface area (Å²) in [7, 11) is 0. The Hall–Kier alpha value is -1.82. The first-order valence-corrected chi connectivity index (χ1v) is 9.44. The highest BCUT2D eigenvalue weighted by molar-refractivity contribution is 14.0. The standard InChI is InChI=1S/C18H20F3N5S.HI/c1-2-22-17(25-10-16-26-15(11-27-16)18(19,20)21)23-8-7-12-9-24-14-6-4-3-5-13(12)14;/h3-6,9,11,24H,2,7-8,10H2,1H3,(H2,22,23,25);1H. The van der Waals surface area contributed by atoms with Gasteiger partial charge in [0, 0.05) is 35.6 Å². The molecule has 0 amide bonds. The van der Waals surface area contributed by atoms with Gasteiger partial charge in [-0.1, -0.05) is 18.2 Å². The van der Waals surface area contributed by atoms with Gasteiger partial charge in [-0.15, -0.1) is 35.3 Å². The number of thiazole rings is 1. The number of halogens is 4. The van der Waals surface area contributed by atoms with Crippen molar-refractivity contribution in [2.75, 3.05) is 13.1 Å². The summed E-state index contributed by atoms with van der Waals surface area (Å²) in [6.07, 6.45) is -1.63. The van der Waals surface area contributed by atoms with E-state index in [1.807, 2.05) is 31.3 Å². The molecular weight excluding hydrogens is 502 g/mol. The minimum atomic E-state index is -4.42. The smallest absolute Gasteiger partial charge is 0.361 e. The topological polar surface area (TPSA) is 65.1 Å². The maximum Gasteiger partial charge on any atom is 0.434 e. The van der Waals surface area contributed by atoms with Crippen molar-refractivity contribution in [1.29, 1.82) is 0 Å². The number of aliphatic imine (C=N–C) groups is 1. The van der Waals surface area contributed by atoms with Crippen LogP contribution in [0.5, 0.6) is 0 Å². The highest BCUT2D eigenvalue weighted by Gasteiger charge is 2.33. The van der Waals surface area contributed by atoms with Crippen LogP contribution in [0.3, 0.4) is 0 Å². The van der Waals surface area contributed by atoms with E-state index < -0.39 is 11.9 Å². The van der Waals surface area contributed by atoms with E-state index in [9.17, 15) is 13.2 Å². The molecule has 0 radical (unpaired) electrons. The van der Waals surface area contributed by atoms with Crippen LogP contribution in [0.25, 0.3) is 10.9 Å². The van der Waals surface area contributed by atoms with Crippen molar-refractivity contribution in [2.24, 2.45) is 4.99 Å². The molecule has 28 heavy (non-hydrogen) atoms. The lowest BCUT2D eigenvalue weighted by atomic mass is 10.1. The maximum atomic E-state index is 12.6. The largest absolute Gasteiger partial charge is 0.434 e. The monoisotopic (exact) mass is 523 g/mol. The molecule has 0 aliphatic rings. The second kappa shape index (κ2) is 10.1. The number of para-hydroxylation sites is 1. The molecule has 0 spiro atoms. The number of nitrogens with zero attached hydrogens (tertiary/aromatic N) is 2. The lowest BCUT2D eigenvalue weighted by Gasteiger charge is -2.10. The fourth-order valence-corrected chi connectivity index (χ4v) is 3.38. The van der Waals surface area contributed by atoms with Crippen LogP contribution in [0.15, 0.2) is 40.8 Å². The van der Waals surface area contributed by atoms with Crippen LogP contribution < -0.4 is 10.6 Å². The van der Waals surface area contributed by atoms with Gasteiger partial charge < -0.3 is 15.6 Å². The van der Waals surface area contributed by atoms with E-state index in [4.69, 9.17) is 0 Å². The zero-order chi connectivity index (χ0) is 19.3. The minimum Gasteiger partial charge on any atom is -0.361 e. The van der Waals surface area contributed by atoms with Crippen molar-refractivity contribution < 1.29 is 13.2 Å². The molecule has 0 unspecified atom stereocenters. The molecule has 3 rings (SSSR count). The van der Waals surface area contributed by atoms with Crippen LogP contribution in [0, 0.1) is 0 Å². The van der Waals surface area contributed by atoms with Crippen LogP contribution >= 0.6 is 35.3 Å². The van der Waals surface area contributed by atoms with Crippen LogP contribution in [0.4, 0.5) is 13.2 Å². The van der Waals surface area contributed by atoms with Gasteiger partial charge in [0.25, 0.3) is 0 Å². The molecule has 3 aromatic rings. The summed E-state index contributed by atoms with van der Waals surface area (Å²) in [6, 6.07) is 8.09. The molecule has 0 aliphatic heterocycles. The fourth-order valence-electron chi connectivity index (χ4n) is 2.66. The predicted molar refractivity (Wildman–Crippen MR) is 117 cm³/mol. The van der Waals surface area contributed by atoms with Crippen molar-refractivity contribution in [1.82, 2.24) is 20.6 Å². The molecule has 0 aliphatic carbocycles. The molecular formula is C18H21F3IN5S. The van der Waals surface area contributed by atoms with Gasteiger partial charge in [-0.25, -0.2) is 9.98 Å². The Morgan fingerprint density at radius 3 is 2.75 bits per heavy atom. The molecule has 0 atom stereocenters. The Morgan fingerprint density at radius 1 is 1.25 bits per heavy atom. The van der Waals surface area contributed by atoms with Gasteiger partial charge in [0.05, 0.1) is 6.54 Å². The molecule has 2 aromatic heterocycles. The number of alkyl halides is 3. The summed E-state index contributed by atoms with van der Waals surface area (Å²) in [5, 5.41) is 8.83. The molecule has 3 N–H and O–H groups in total. The van der Waals surface area contributed by atoms with Crippen LogP contribution in [-0.2, 0) is 19.1 Å². The average Bonchev–Trinajstić information content (AvgIpc) is 3.27. The summed E-state index contributed by atoms with van der Waals surface area (Å²) < 4.78 is 37.8. The Bertz CT molecular complexity index is 919. The third kappa shape index (κ3) is 5.84. The summed E-state index contributed by atoms with van der Waals surface area (Å²) >= 11 is 0.962. The third-order valence-corrected chi connectivity index (χ3v) is 4.75. The second-order valence-corrected chi connectivity index (χ2v) is 6.80. The van der Waals surface area contributed by atoms with Crippen molar-refractivity contribution in [3.05, 3.63) is 52.1 Å². The molecule has 2 heterocycles. The van der Waals surface area contributed by atoms with E-state index in [1.165, 1.54) is 10.9 Å². The van der Waals surface area contributed by atoms with Gasteiger partial charge in [-0.2, -0.15) is 13.2 Å². The lowest BCUT2D eigenvalue weighted by molar-refractivity contribution is -0.140. The van der Waals surface area contributed by atoms with Gasteiger partial charge in [-0.05, 0) is 25.0 Å². The molecule has 5 nitrogen and oxygen atoms in total. The van der Waals surface area contributed by atoms with Crippen molar-refractivity contribution in [2.45, 2.75) is 26.1 Å². The van der Waals surface area contributed by atoms with Gasteiger partial charge in [0.1, 0.15) is 5.01 Å². The highest BCUT2D eigenvalue weighted by Crippen LogP contribution is 2.30. The first kappa shape index (κ1) is 22.5. The zero-order valence-electron chi connectivity index (χ0n) is 15.1. The van der Waals surface area contributed by atoms with Crippen LogP contribution in [0.1, 0.15) is 23.2 Å². The first-order valence-electron chi connectivity index (χ1n) is 8.56. The maximum absolute atomic E-state index is 12.6. The number of aromatic amines is 1. The van der Waals surface area contributed by atoms with E-state index in [0.29, 0.717) is 24.1 Å². The SMILES string of the molecule is CCNC(=NCc1nc(C(F)(F)F)cs1)NCCc1c[nH]c2ccccc12.I. The molecule has 0 saturated heterocycles. The van der Waals surface area contributed by atoms with Gasteiger partial charge >= 0.3 is 6.18 Å². The number of hydrogen-bond acceptors (Lipinski definition) is 3. The Kier molecular flexibility index (Phi) is 8.10. The Labute approximate surface area is 181 Å². The summed E-state index contributed by atoms with van der Waals surface area (Å²) in [4.78, 5) is 11.2. The molecule has 152 valence electrons. The van der Waals surface area contributed by atoms with E-state index in [1.54, 1.807) is 0 Å². The van der Waals surface area contributed by atoms with Crippen LogP contribution in [-0.4, -0.2) is 29.0 Å². The zero-order valence-corrected chi connectivity index (χ0v) is 18.3. The predicted octanol–water partition coefficient (Wildman–Crippen LogP) is 4.56. The lowest BCUT2D eigenvalue weighted by Crippen LogP contribution is -2.38. The molecule has 1 aromatic carbocycles. The number of fused-ring (bicyclic) bond motifs is 1. The number of benzene rings is 1. The van der Waals surface area contributed by atoms with Gasteiger partial charge in [-0.3, -0.25) is 0 Å².